The minimum atomic E-state index is -0.374. The molecule has 1 N–H and O–H groups in total. The van der Waals surface area contributed by atoms with E-state index in [1.807, 2.05) is 5.38 Å². The van der Waals surface area contributed by atoms with E-state index in [9.17, 15) is 10.1 Å². The molecule has 0 fully saturated rings. The van der Waals surface area contributed by atoms with Gasteiger partial charge < -0.3 is 5.32 Å². The van der Waals surface area contributed by atoms with Crippen molar-refractivity contribution in [3.63, 3.8) is 0 Å². The Balaban J connectivity index is 2.25. The van der Waals surface area contributed by atoms with E-state index >= 15 is 0 Å². The third-order valence-corrected chi connectivity index (χ3v) is 3.44. The van der Waals surface area contributed by atoms with E-state index in [2.05, 4.69) is 24.1 Å². The Kier molecular flexibility index (Phi) is 4.24. The monoisotopic (exact) mass is 277 g/mol. The second-order valence-corrected chi connectivity index (χ2v) is 5.38. The Bertz CT molecular complexity index is 581. The minimum absolute atomic E-state index is 0.0937. The van der Waals surface area contributed by atoms with Gasteiger partial charge in [0.2, 0.25) is 0 Å². The average Bonchev–Trinajstić information content (AvgIpc) is 2.85. The highest BCUT2D eigenvalue weighted by Gasteiger charge is 2.16. The largest absolute Gasteiger partial charge is 0.308 e. The summed E-state index contributed by atoms with van der Waals surface area (Å²) in [6.07, 6.45) is 0. The number of benzene rings is 1. The molecule has 1 aromatic heterocycles. The van der Waals surface area contributed by atoms with Gasteiger partial charge in [-0.1, -0.05) is 26.0 Å². The summed E-state index contributed by atoms with van der Waals surface area (Å²) in [6.45, 7) is 4.82. The molecule has 6 heteroatoms. The summed E-state index contributed by atoms with van der Waals surface area (Å²) in [5, 5.41) is 17.1. The maximum atomic E-state index is 11.0. The number of rotatable bonds is 5. The molecular weight excluding hydrogens is 262 g/mol. The first-order chi connectivity index (χ1) is 9.08. The third kappa shape index (κ3) is 3.36. The second kappa shape index (κ2) is 5.90. The Labute approximate surface area is 115 Å². The fourth-order valence-electron chi connectivity index (χ4n) is 1.66. The van der Waals surface area contributed by atoms with E-state index in [4.69, 9.17) is 0 Å². The summed E-state index contributed by atoms with van der Waals surface area (Å²) in [6, 6.07) is 7.06. The molecule has 0 saturated heterocycles. The molecule has 1 aromatic carbocycles. The van der Waals surface area contributed by atoms with E-state index in [1.54, 1.807) is 18.2 Å². The molecule has 0 atom stereocenters. The van der Waals surface area contributed by atoms with Gasteiger partial charge in [-0.3, -0.25) is 10.1 Å². The molecule has 0 aliphatic rings. The maximum absolute atomic E-state index is 11.0. The van der Waals surface area contributed by atoms with Gasteiger partial charge in [0.25, 0.3) is 5.69 Å². The van der Waals surface area contributed by atoms with Crippen molar-refractivity contribution in [2.24, 2.45) is 0 Å². The van der Waals surface area contributed by atoms with Gasteiger partial charge in [0.05, 0.1) is 16.2 Å². The van der Waals surface area contributed by atoms with Crippen LogP contribution in [0.3, 0.4) is 0 Å². The van der Waals surface area contributed by atoms with Gasteiger partial charge in [-0.25, -0.2) is 4.98 Å². The Morgan fingerprint density at radius 1 is 1.42 bits per heavy atom. The number of nitrogens with one attached hydrogen (secondary N) is 1. The molecule has 0 radical (unpaired) electrons. The van der Waals surface area contributed by atoms with Gasteiger partial charge in [-0.2, -0.15) is 0 Å². The van der Waals surface area contributed by atoms with Gasteiger partial charge in [-0.05, 0) is 6.07 Å². The van der Waals surface area contributed by atoms with Gasteiger partial charge in [-0.15, -0.1) is 11.3 Å². The number of nitro groups is 1. The third-order valence-electron chi connectivity index (χ3n) is 2.59. The topological polar surface area (TPSA) is 68.1 Å². The van der Waals surface area contributed by atoms with Crippen molar-refractivity contribution in [1.29, 1.82) is 0 Å². The van der Waals surface area contributed by atoms with Crippen molar-refractivity contribution in [2.45, 2.75) is 26.4 Å². The van der Waals surface area contributed by atoms with Crippen molar-refractivity contribution in [3.8, 4) is 11.3 Å². The summed E-state index contributed by atoms with van der Waals surface area (Å²) < 4.78 is 0. The quantitative estimate of drug-likeness (QED) is 0.673. The molecular formula is C13H15N3O2S. The van der Waals surface area contributed by atoms with E-state index in [-0.39, 0.29) is 10.6 Å². The van der Waals surface area contributed by atoms with Gasteiger partial charge >= 0.3 is 0 Å². The summed E-state index contributed by atoms with van der Waals surface area (Å²) >= 11 is 1.51. The number of aromatic nitrogens is 1. The highest BCUT2D eigenvalue weighted by molar-refractivity contribution is 7.09. The summed E-state index contributed by atoms with van der Waals surface area (Å²) in [5.74, 6) is 0. The lowest BCUT2D eigenvalue weighted by atomic mass is 10.1. The lowest BCUT2D eigenvalue weighted by Gasteiger charge is -2.04. The normalized spacial score (nSPS) is 10.9. The molecule has 0 aliphatic heterocycles. The Morgan fingerprint density at radius 2 is 2.16 bits per heavy atom. The van der Waals surface area contributed by atoms with Crippen LogP contribution < -0.4 is 5.32 Å². The maximum Gasteiger partial charge on any atom is 0.278 e. The Morgan fingerprint density at radius 3 is 2.84 bits per heavy atom. The molecule has 0 unspecified atom stereocenters. The number of thiazole rings is 1. The van der Waals surface area contributed by atoms with Crippen LogP contribution in [-0.4, -0.2) is 15.9 Å². The molecule has 0 spiro atoms. The average molecular weight is 277 g/mol. The summed E-state index contributed by atoms with van der Waals surface area (Å²) in [5.41, 5.74) is 1.33. The number of hydrogen-bond donors (Lipinski definition) is 1. The fraction of sp³-hybridized carbons (Fsp3) is 0.308. The first-order valence-corrected chi connectivity index (χ1v) is 6.87. The molecule has 2 rings (SSSR count). The van der Waals surface area contributed by atoms with Crippen molar-refractivity contribution in [1.82, 2.24) is 10.3 Å². The van der Waals surface area contributed by atoms with Crippen LogP contribution in [0.15, 0.2) is 29.6 Å². The van der Waals surface area contributed by atoms with Gasteiger partial charge in [0.15, 0.2) is 0 Å². The molecule has 0 bridgehead atoms. The predicted octanol–water partition coefficient (Wildman–Crippen LogP) is 3.22. The van der Waals surface area contributed by atoms with E-state index in [0.717, 1.165) is 5.01 Å². The molecule has 0 aliphatic carbocycles. The van der Waals surface area contributed by atoms with Crippen LogP contribution in [-0.2, 0) is 6.54 Å². The molecule has 100 valence electrons. The van der Waals surface area contributed by atoms with Crippen LogP contribution in [0.4, 0.5) is 5.69 Å². The smallest absolute Gasteiger partial charge is 0.278 e. The van der Waals surface area contributed by atoms with Gasteiger partial charge in [0.1, 0.15) is 5.01 Å². The fourth-order valence-corrected chi connectivity index (χ4v) is 2.40. The number of nitro benzene ring substituents is 1. The summed E-state index contributed by atoms with van der Waals surface area (Å²) in [4.78, 5) is 15.1. The number of hydrogen-bond acceptors (Lipinski definition) is 5. The molecule has 19 heavy (non-hydrogen) atoms. The molecule has 1 heterocycles. The highest BCUT2D eigenvalue weighted by atomic mass is 32.1. The van der Waals surface area contributed by atoms with Crippen LogP contribution in [0, 0.1) is 10.1 Å². The molecule has 2 aromatic rings. The van der Waals surface area contributed by atoms with E-state index in [1.165, 1.54) is 17.4 Å². The van der Waals surface area contributed by atoms with Crippen LogP contribution in [0.1, 0.15) is 18.9 Å². The molecule has 5 nitrogen and oxygen atoms in total. The first-order valence-electron chi connectivity index (χ1n) is 5.99. The van der Waals surface area contributed by atoms with Crippen LogP contribution in [0.25, 0.3) is 11.3 Å². The lowest BCUT2D eigenvalue weighted by molar-refractivity contribution is -0.384. The lowest BCUT2D eigenvalue weighted by Crippen LogP contribution is -2.21. The van der Waals surface area contributed by atoms with Crippen molar-refractivity contribution >= 4 is 17.0 Å². The zero-order valence-corrected chi connectivity index (χ0v) is 11.6. The van der Waals surface area contributed by atoms with Gasteiger partial charge in [0, 0.05) is 24.0 Å². The highest BCUT2D eigenvalue weighted by Crippen LogP contribution is 2.30. The van der Waals surface area contributed by atoms with Crippen molar-refractivity contribution < 1.29 is 4.92 Å². The van der Waals surface area contributed by atoms with Crippen LogP contribution >= 0.6 is 11.3 Å². The zero-order chi connectivity index (χ0) is 13.8. The summed E-state index contributed by atoms with van der Waals surface area (Å²) in [7, 11) is 0. The molecule has 0 amide bonds. The standard InChI is InChI=1S/C13H15N3O2S/c1-9(2)14-7-13-15-11(8-19-13)10-5-3-4-6-12(10)16(17)18/h3-6,8-9,14H,7H2,1-2H3. The van der Waals surface area contributed by atoms with E-state index < -0.39 is 0 Å². The Hall–Kier alpha value is -1.79. The number of nitrogens with zero attached hydrogens (tertiary/aromatic N) is 2. The van der Waals surface area contributed by atoms with Crippen LogP contribution in [0.5, 0.6) is 0 Å². The number of para-hydroxylation sites is 1. The SMILES string of the molecule is CC(C)NCc1nc(-c2ccccc2[N+](=O)[O-])cs1. The zero-order valence-electron chi connectivity index (χ0n) is 10.8. The molecule has 0 saturated carbocycles. The van der Waals surface area contributed by atoms with E-state index in [0.29, 0.717) is 23.8 Å². The second-order valence-electron chi connectivity index (χ2n) is 4.44. The van der Waals surface area contributed by atoms with Crippen molar-refractivity contribution in [2.75, 3.05) is 0 Å². The van der Waals surface area contributed by atoms with Crippen LogP contribution in [0.2, 0.25) is 0 Å². The first kappa shape index (κ1) is 13.6. The predicted molar refractivity (Wildman–Crippen MR) is 76.2 cm³/mol. The minimum Gasteiger partial charge on any atom is -0.308 e. The van der Waals surface area contributed by atoms with Crippen molar-refractivity contribution in [3.05, 3.63) is 44.8 Å².